The van der Waals surface area contributed by atoms with Crippen LogP contribution in [0, 0.1) is 17.1 Å². The fraction of sp³-hybridized carbons (Fsp3) is 0.167. The summed E-state index contributed by atoms with van der Waals surface area (Å²) >= 11 is 5.94. The molecule has 6 heteroatoms. The van der Waals surface area contributed by atoms with Gasteiger partial charge in [-0.2, -0.15) is 5.26 Å². The van der Waals surface area contributed by atoms with Crippen LogP contribution in [0.2, 0.25) is 5.15 Å². The number of nitrogens with zero attached hydrogens (tertiary/aromatic N) is 3. The standard InChI is InChI=1S/C12H9ClFN3O/c1-17-11(13)9(6-15)16-12(17)8-5-7(14)3-4-10(8)18-2/h3-5H,1-2H3. The highest BCUT2D eigenvalue weighted by atomic mass is 35.5. The van der Waals surface area contributed by atoms with E-state index in [-0.39, 0.29) is 10.8 Å². The molecule has 1 heterocycles. The SMILES string of the molecule is COc1ccc(F)cc1-c1nc(C#N)c(Cl)n1C. The topological polar surface area (TPSA) is 50.8 Å². The number of ether oxygens (including phenoxy) is 1. The first kappa shape index (κ1) is 12.4. The summed E-state index contributed by atoms with van der Waals surface area (Å²) in [5.74, 6) is 0.432. The van der Waals surface area contributed by atoms with E-state index in [1.165, 1.54) is 29.9 Å². The molecule has 0 unspecified atom stereocenters. The van der Waals surface area contributed by atoms with Crippen LogP contribution in [-0.4, -0.2) is 16.7 Å². The maximum absolute atomic E-state index is 13.3. The Kier molecular flexibility index (Phi) is 3.21. The molecule has 4 nitrogen and oxygen atoms in total. The Labute approximate surface area is 108 Å². The van der Waals surface area contributed by atoms with Gasteiger partial charge in [0, 0.05) is 7.05 Å². The van der Waals surface area contributed by atoms with Crippen LogP contribution in [0.4, 0.5) is 4.39 Å². The maximum atomic E-state index is 13.3. The number of hydrogen-bond donors (Lipinski definition) is 0. The van der Waals surface area contributed by atoms with Crippen molar-refractivity contribution in [1.29, 1.82) is 5.26 Å². The Bertz CT molecular complexity index is 646. The van der Waals surface area contributed by atoms with E-state index < -0.39 is 5.82 Å². The molecule has 0 saturated heterocycles. The predicted octanol–water partition coefficient (Wildman–Crippen LogP) is 2.76. The van der Waals surface area contributed by atoms with E-state index in [1.54, 1.807) is 7.05 Å². The highest BCUT2D eigenvalue weighted by molar-refractivity contribution is 6.30. The lowest BCUT2D eigenvalue weighted by molar-refractivity contribution is 0.415. The molecule has 2 aromatic rings. The number of rotatable bonds is 2. The Balaban J connectivity index is 2.69. The van der Waals surface area contributed by atoms with Gasteiger partial charge in [-0.15, -0.1) is 0 Å². The number of nitriles is 1. The van der Waals surface area contributed by atoms with Gasteiger partial charge >= 0.3 is 0 Å². The van der Waals surface area contributed by atoms with Crippen molar-refractivity contribution >= 4 is 11.6 Å². The van der Waals surface area contributed by atoms with Crippen molar-refractivity contribution in [3.8, 4) is 23.2 Å². The van der Waals surface area contributed by atoms with Crippen molar-refractivity contribution in [2.75, 3.05) is 7.11 Å². The van der Waals surface area contributed by atoms with Crippen molar-refractivity contribution in [1.82, 2.24) is 9.55 Å². The van der Waals surface area contributed by atoms with Gasteiger partial charge in [0.2, 0.25) is 0 Å². The molecule has 0 atom stereocenters. The number of benzene rings is 1. The Hall–Kier alpha value is -2.06. The van der Waals surface area contributed by atoms with Gasteiger partial charge in [0.25, 0.3) is 0 Å². The second kappa shape index (κ2) is 4.67. The van der Waals surface area contributed by atoms with E-state index >= 15 is 0 Å². The lowest BCUT2D eigenvalue weighted by Crippen LogP contribution is -1.96. The third-order valence-corrected chi connectivity index (χ3v) is 2.97. The normalized spacial score (nSPS) is 10.2. The minimum Gasteiger partial charge on any atom is -0.496 e. The van der Waals surface area contributed by atoms with Crippen LogP contribution < -0.4 is 4.74 Å². The molecular formula is C12H9ClFN3O. The molecule has 2 rings (SSSR count). The van der Waals surface area contributed by atoms with E-state index in [9.17, 15) is 4.39 Å². The molecule has 0 aliphatic rings. The smallest absolute Gasteiger partial charge is 0.178 e. The largest absolute Gasteiger partial charge is 0.496 e. The van der Waals surface area contributed by atoms with Gasteiger partial charge in [0.05, 0.1) is 12.7 Å². The van der Waals surface area contributed by atoms with Crippen LogP contribution in [0.3, 0.4) is 0 Å². The number of hydrogen-bond acceptors (Lipinski definition) is 3. The first-order valence-electron chi connectivity index (χ1n) is 5.04. The third-order valence-electron chi connectivity index (χ3n) is 2.53. The molecule has 0 spiro atoms. The van der Waals surface area contributed by atoms with Crippen LogP contribution in [0.15, 0.2) is 18.2 Å². The molecule has 18 heavy (non-hydrogen) atoms. The van der Waals surface area contributed by atoms with Gasteiger partial charge in [-0.3, -0.25) is 0 Å². The van der Waals surface area contributed by atoms with E-state index in [0.29, 0.717) is 17.1 Å². The summed E-state index contributed by atoms with van der Waals surface area (Å²) in [5, 5.41) is 9.08. The lowest BCUT2D eigenvalue weighted by atomic mass is 10.2. The molecule has 0 amide bonds. The minimum absolute atomic E-state index is 0.0977. The molecule has 0 aliphatic heterocycles. The lowest BCUT2D eigenvalue weighted by Gasteiger charge is -2.08. The Morgan fingerprint density at radius 3 is 2.78 bits per heavy atom. The zero-order chi connectivity index (χ0) is 13.3. The molecule has 92 valence electrons. The van der Waals surface area contributed by atoms with E-state index in [1.807, 2.05) is 6.07 Å². The summed E-state index contributed by atoms with van der Waals surface area (Å²) in [6.45, 7) is 0. The van der Waals surface area contributed by atoms with Crippen LogP contribution in [0.5, 0.6) is 5.75 Å². The van der Waals surface area contributed by atoms with Gasteiger partial charge in [-0.05, 0) is 18.2 Å². The van der Waals surface area contributed by atoms with E-state index in [2.05, 4.69) is 4.98 Å². The summed E-state index contributed by atoms with van der Waals surface area (Å²) in [6.07, 6.45) is 0. The van der Waals surface area contributed by atoms with Crippen LogP contribution in [0.25, 0.3) is 11.4 Å². The molecule has 0 saturated carbocycles. The molecule has 0 N–H and O–H groups in total. The summed E-state index contributed by atoms with van der Waals surface area (Å²) in [6, 6.07) is 5.96. The molecule has 0 radical (unpaired) electrons. The number of methoxy groups -OCH3 is 1. The first-order chi connectivity index (χ1) is 8.58. The number of halogens is 2. The number of aromatic nitrogens is 2. The van der Waals surface area contributed by atoms with Gasteiger partial charge in [0.1, 0.15) is 28.6 Å². The average molecular weight is 266 g/mol. The Morgan fingerprint density at radius 2 is 2.22 bits per heavy atom. The van der Waals surface area contributed by atoms with Crippen molar-refractivity contribution in [3.05, 3.63) is 34.9 Å². The highest BCUT2D eigenvalue weighted by Gasteiger charge is 2.17. The quantitative estimate of drug-likeness (QED) is 0.839. The third kappa shape index (κ3) is 1.91. The summed E-state index contributed by atoms with van der Waals surface area (Å²) in [4.78, 5) is 4.07. The second-order valence-corrected chi connectivity index (χ2v) is 3.95. The fourth-order valence-corrected chi connectivity index (χ4v) is 1.81. The van der Waals surface area contributed by atoms with Crippen LogP contribution >= 0.6 is 11.6 Å². The van der Waals surface area contributed by atoms with Crippen molar-refractivity contribution in [3.63, 3.8) is 0 Å². The molecule has 0 bridgehead atoms. The van der Waals surface area contributed by atoms with E-state index in [0.717, 1.165) is 0 Å². The van der Waals surface area contributed by atoms with Crippen molar-refractivity contribution in [2.45, 2.75) is 0 Å². The summed E-state index contributed by atoms with van der Waals surface area (Å²) in [7, 11) is 3.13. The molecule has 0 aliphatic carbocycles. The second-order valence-electron chi connectivity index (χ2n) is 3.59. The van der Waals surface area contributed by atoms with Gasteiger partial charge in [-0.1, -0.05) is 11.6 Å². The predicted molar refractivity (Wildman–Crippen MR) is 64.9 cm³/mol. The van der Waals surface area contributed by atoms with Crippen LogP contribution in [-0.2, 0) is 7.05 Å². The zero-order valence-corrected chi connectivity index (χ0v) is 10.5. The van der Waals surface area contributed by atoms with Crippen LogP contribution in [0.1, 0.15) is 5.69 Å². The molecule has 1 aromatic carbocycles. The average Bonchev–Trinajstić information content (AvgIpc) is 2.66. The summed E-state index contributed by atoms with van der Waals surface area (Å²) in [5.41, 5.74) is 0.545. The van der Waals surface area contributed by atoms with E-state index in [4.69, 9.17) is 21.6 Å². The fourth-order valence-electron chi connectivity index (χ4n) is 1.65. The van der Waals surface area contributed by atoms with Crippen molar-refractivity contribution < 1.29 is 9.13 Å². The first-order valence-corrected chi connectivity index (χ1v) is 5.42. The van der Waals surface area contributed by atoms with Gasteiger partial charge < -0.3 is 9.30 Å². The van der Waals surface area contributed by atoms with Crippen molar-refractivity contribution in [2.24, 2.45) is 7.05 Å². The monoisotopic (exact) mass is 265 g/mol. The zero-order valence-electron chi connectivity index (χ0n) is 9.74. The Morgan fingerprint density at radius 1 is 1.50 bits per heavy atom. The molecule has 0 fully saturated rings. The molecular weight excluding hydrogens is 257 g/mol. The minimum atomic E-state index is -0.413. The highest BCUT2D eigenvalue weighted by Crippen LogP contribution is 2.32. The summed E-state index contributed by atoms with van der Waals surface area (Å²) < 4.78 is 20.0. The maximum Gasteiger partial charge on any atom is 0.178 e. The van der Waals surface area contributed by atoms with Gasteiger partial charge in [-0.25, -0.2) is 9.37 Å². The molecule has 1 aromatic heterocycles. The van der Waals surface area contributed by atoms with Gasteiger partial charge in [0.15, 0.2) is 5.69 Å². The number of imidazole rings is 1.